The second kappa shape index (κ2) is 7.68. The van der Waals surface area contributed by atoms with Gasteiger partial charge in [0.15, 0.2) is 0 Å². The van der Waals surface area contributed by atoms with Crippen LogP contribution in [0.25, 0.3) is 10.6 Å². The van der Waals surface area contributed by atoms with E-state index in [0.717, 1.165) is 49.0 Å². The first-order valence-corrected chi connectivity index (χ1v) is 8.80. The topological polar surface area (TPSA) is 57.3 Å². The van der Waals surface area contributed by atoms with Crippen molar-refractivity contribution in [3.8, 4) is 10.6 Å². The van der Waals surface area contributed by atoms with Gasteiger partial charge in [0, 0.05) is 44.8 Å². The number of amides is 1. The standard InChI is InChI=1S/C17H22N4OS/c1-13-15(23-17(20-13)14-5-3-2-4-6-14)16(22)19-9-12-21-10-7-18-8-11-21/h2-6,18H,7-12H2,1H3,(H,19,22). The third-order valence-corrected chi connectivity index (χ3v) is 5.15. The molecule has 2 aromatic rings. The zero-order chi connectivity index (χ0) is 16.1. The maximum absolute atomic E-state index is 12.4. The number of aromatic nitrogens is 1. The van der Waals surface area contributed by atoms with E-state index in [2.05, 4.69) is 20.5 Å². The van der Waals surface area contributed by atoms with E-state index in [0.29, 0.717) is 11.4 Å². The van der Waals surface area contributed by atoms with Crippen LogP contribution in [0.4, 0.5) is 0 Å². The number of piperazine rings is 1. The number of thiazole rings is 1. The summed E-state index contributed by atoms with van der Waals surface area (Å²) in [6, 6.07) is 9.99. The molecule has 0 bridgehead atoms. The summed E-state index contributed by atoms with van der Waals surface area (Å²) in [5, 5.41) is 7.25. The van der Waals surface area contributed by atoms with Crippen LogP contribution in [-0.4, -0.2) is 55.1 Å². The van der Waals surface area contributed by atoms with Gasteiger partial charge in [-0.3, -0.25) is 9.69 Å². The first-order valence-electron chi connectivity index (χ1n) is 7.98. The Morgan fingerprint density at radius 2 is 2.04 bits per heavy atom. The highest BCUT2D eigenvalue weighted by molar-refractivity contribution is 7.17. The van der Waals surface area contributed by atoms with Gasteiger partial charge in [0.2, 0.25) is 0 Å². The molecule has 0 saturated carbocycles. The van der Waals surface area contributed by atoms with Crippen LogP contribution >= 0.6 is 11.3 Å². The predicted molar refractivity (Wildman–Crippen MR) is 93.9 cm³/mol. The summed E-state index contributed by atoms with van der Waals surface area (Å²) < 4.78 is 0. The van der Waals surface area contributed by atoms with Crippen LogP contribution < -0.4 is 10.6 Å². The molecule has 1 saturated heterocycles. The predicted octanol–water partition coefficient (Wildman–Crippen LogP) is 1.75. The van der Waals surface area contributed by atoms with Crippen LogP contribution in [-0.2, 0) is 0 Å². The average Bonchev–Trinajstić information content (AvgIpc) is 2.98. The van der Waals surface area contributed by atoms with Gasteiger partial charge in [-0.25, -0.2) is 4.98 Å². The molecule has 1 amide bonds. The number of benzene rings is 1. The van der Waals surface area contributed by atoms with Crippen molar-refractivity contribution in [3.05, 3.63) is 40.9 Å². The van der Waals surface area contributed by atoms with Gasteiger partial charge in [0.1, 0.15) is 9.88 Å². The van der Waals surface area contributed by atoms with E-state index in [-0.39, 0.29) is 5.91 Å². The fourth-order valence-electron chi connectivity index (χ4n) is 2.65. The average molecular weight is 330 g/mol. The van der Waals surface area contributed by atoms with Crippen molar-refractivity contribution in [2.24, 2.45) is 0 Å². The molecule has 0 aliphatic carbocycles. The highest BCUT2D eigenvalue weighted by atomic mass is 32.1. The van der Waals surface area contributed by atoms with Gasteiger partial charge >= 0.3 is 0 Å². The Kier molecular flexibility index (Phi) is 5.38. The summed E-state index contributed by atoms with van der Waals surface area (Å²) >= 11 is 1.46. The number of aryl methyl sites for hydroxylation is 1. The molecule has 1 aliphatic heterocycles. The Balaban J connectivity index is 1.58. The number of hydrogen-bond donors (Lipinski definition) is 2. The van der Waals surface area contributed by atoms with Crippen molar-refractivity contribution < 1.29 is 4.79 Å². The molecule has 0 spiro atoms. The van der Waals surface area contributed by atoms with Crippen molar-refractivity contribution in [1.29, 1.82) is 0 Å². The van der Waals surface area contributed by atoms with Gasteiger partial charge in [0.05, 0.1) is 5.69 Å². The van der Waals surface area contributed by atoms with Crippen molar-refractivity contribution >= 4 is 17.2 Å². The lowest BCUT2D eigenvalue weighted by Crippen LogP contribution is -2.46. The normalized spacial score (nSPS) is 15.5. The van der Waals surface area contributed by atoms with Crippen LogP contribution in [0.5, 0.6) is 0 Å². The van der Waals surface area contributed by atoms with Gasteiger partial charge in [-0.15, -0.1) is 11.3 Å². The molecule has 1 aromatic heterocycles. The van der Waals surface area contributed by atoms with E-state index >= 15 is 0 Å². The summed E-state index contributed by atoms with van der Waals surface area (Å²) in [7, 11) is 0. The van der Waals surface area contributed by atoms with Crippen molar-refractivity contribution in [2.75, 3.05) is 39.3 Å². The third kappa shape index (κ3) is 4.16. The second-order valence-corrected chi connectivity index (χ2v) is 6.65. The first kappa shape index (κ1) is 16.1. The molecule has 5 nitrogen and oxygen atoms in total. The first-order chi connectivity index (χ1) is 11.2. The van der Waals surface area contributed by atoms with Crippen LogP contribution in [0.1, 0.15) is 15.4 Å². The Labute approximate surface area is 140 Å². The summed E-state index contributed by atoms with van der Waals surface area (Å²) in [6.07, 6.45) is 0. The van der Waals surface area contributed by atoms with Crippen LogP contribution in [0, 0.1) is 6.92 Å². The highest BCUT2D eigenvalue weighted by Gasteiger charge is 2.16. The molecule has 3 rings (SSSR count). The van der Waals surface area contributed by atoms with Gasteiger partial charge in [-0.05, 0) is 6.92 Å². The Hall–Kier alpha value is -1.76. The van der Waals surface area contributed by atoms with E-state index in [9.17, 15) is 4.79 Å². The quantitative estimate of drug-likeness (QED) is 0.877. The zero-order valence-electron chi connectivity index (χ0n) is 13.3. The molecule has 1 aliphatic rings. The van der Waals surface area contributed by atoms with Gasteiger partial charge in [0.25, 0.3) is 5.91 Å². The molecule has 23 heavy (non-hydrogen) atoms. The molecule has 0 unspecified atom stereocenters. The molecular formula is C17H22N4OS. The maximum Gasteiger partial charge on any atom is 0.263 e. The van der Waals surface area contributed by atoms with E-state index in [4.69, 9.17) is 0 Å². The number of carbonyl (C=O) groups excluding carboxylic acids is 1. The maximum atomic E-state index is 12.4. The Bertz CT molecular complexity index is 650. The Morgan fingerprint density at radius 3 is 2.78 bits per heavy atom. The van der Waals surface area contributed by atoms with E-state index < -0.39 is 0 Å². The van der Waals surface area contributed by atoms with Gasteiger partial charge in [-0.1, -0.05) is 30.3 Å². The summed E-state index contributed by atoms with van der Waals surface area (Å²) in [5.74, 6) is -0.0164. The van der Waals surface area contributed by atoms with Crippen LogP contribution in [0.3, 0.4) is 0 Å². The molecule has 6 heteroatoms. The van der Waals surface area contributed by atoms with Gasteiger partial charge in [-0.2, -0.15) is 0 Å². The lowest BCUT2D eigenvalue weighted by Gasteiger charge is -2.27. The van der Waals surface area contributed by atoms with Crippen molar-refractivity contribution in [3.63, 3.8) is 0 Å². The molecule has 2 N–H and O–H groups in total. The SMILES string of the molecule is Cc1nc(-c2ccccc2)sc1C(=O)NCCN1CCNCC1. The fraction of sp³-hybridized carbons (Fsp3) is 0.412. The Morgan fingerprint density at radius 1 is 1.30 bits per heavy atom. The molecular weight excluding hydrogens is 308 g/mol. The number of nitrogens with one attached hydrogen (secondary N) is 2. The lowest BCUT2D eigenvalue weighted by atomic mass is 10.2. The summed E-state index contributed by atoms with van der Waals surface area (Å²) in [4.78, 5) is 20.0. The molecule has 1 fully saturated rings. The fourth-order valence-corrected chi connectivity index (χ4v) is 3.64. The van der Waals surface area contributed by atoms with Crippen LogP contribution in [0.15, 0.2) is 30.3 Å². The van der Waals surface area contributed by atoms with E-state index in [1.165, 1.54) is 11.3 Å². The molecule has 1 aromatic carbocycles. The lowest BCUT2D eigenvalue weighted by molar-refractivity contribution is 0.0950. The smallest absolute Gasteiger partial charge is 0.263 e. The summed E-state index contributed by atoms with van der Waals surface area (Å²) in [5.41, 5.74) is 1.86. The monoisotopic (exact) mass is 330 g/mol. The molecule has 122 valence electrons. The number of carbonyl (C=O) groups is 1. The second-order valence-electron chi connectivity index (χ2n) is 5.65. The van der Waals surface area contributed by atoms with E-state index in [1.54, 1.807) is 0 Å². The zero-order valence-corrected chi connectivity index (χ0v) is 14.2. The third-order valence-electron chi connectivity index (χ3n) is 3.95. The minimum Gasteiger partial charge on any atom is -0.350 e. The van der Waals surface area contributed by atoms with E-state index in [1.807, 2.05) is 37.3 Å². The van der Waals surface area contributed by atoms with Crippen LogP contribution in [0.2, 0.25) is 0 Å². The molecule has 2 heterocycles. The largest absolute Gasteiger partial charge is 0.350 e. The van der Waals surface area contributed by atoms with Gasteiger partial charge < -0.3 is 10.6 Å². The summed E-state index contributed by atoms with van der Waals surface area (Å²) in [6.45, 7) is 7.63. The van der Waals surface area contributed by atoms with Crippen molar-refractivity contribution in [1.82, 2.24) is 20.5 Å². The molecule has 0 atom stereocenters. The number of nitrogens with zero attached hydrogens (tertiary/aromatic N) is 2. The molecule has 0 radical (unpaired) electrons. The number of hydrogen-bond acceptors (Lipinski definition) is 5. The number of rotatable bonds is 5. The minimum atomic E-state index is -0.0164. The van der Waals surface area contributed by atoms with Crippen molar-refractivity contribution in [2.45, 2.75) is 6.92 Å². The highest BCUT2D eigenvalue weighted by Crippen LogP contribution is 2.27. The minimum absolute atomic E-state index is 0.0164.